The molecule has 0 spiro atoms. The number of hydrogen-bond donors (Lipinski definition) is 1. The molecule has 0 aromatic carbocycles. The minimum Gasteiger partial charge on any atom is -0.465 e. The van der Waals surface area contributed by atoms with E-state index in [0.717, 1.165) is 0 Å². The Kier molecular flexibility index (Phi) is 7.51. The first-order chi connectivity index (χ1) is 19.4. The molecule has 0 saturated carbocycles. The molecule has 9 atom stereocenters. The van der Waals surface area contributed by atoms with Gasteiger partial charge in [0.25, 0.3) is 0 Å². The van der Waals surface area contributed by atoms with Crippen molar-refractivity contribution in [1.82, 2.24) is 4.13 Å². The normalized spacial score (nSPS) is 36.5. The Morgan fingerprint density at radius 3 is 2.00 bits per heavy atom. The molecule has 5 rings (SSSR count). The van der Waals surface area contributed by atoms with Crippen LogP contribution >= 0.6 is 0 Å². The molecule has 42 heavy (non-hydrogen) atoms. The maximum atomic E-state index is 14.6. The van der Waals surface area contributed by atoms with E-state index in [1.165, 1.54) is 6.92 Å². The number of nitrogens with one attached hydrogen (secondary N) is 1. The quantitative estimate of drug-likeness (QED) is 0.179. The summed E-state index contributed by atoms with van der Waals surface area (Å²) in [5, 5.41) is -11.5. The zero-order chi connectivity index (χ0) is 31.0. The van der Waals surface area contributed by atoms with Crippen molar-refractivity contribution in [2.24, 2.45) is 17.8 Å². The fourth-order valence-electron chi connectivity index (χ4n) is 5.62. The Hall–Kier alpha value is -2.62. The van der Waals surface area contributed by atoms with Crippen LogP contribution in [0.2, 0.25) is 0 Å². The molecule has 5 heterocycles. The van der Waals surface area contributed by atoms with Gasteiger partial charge in [-0.15, -0.1) is 0 Å². The predicted octanol–water partition coefficient (Wildman–Crippen LogP) is -1.05. The molecule has 236 valence electrons. The smallest absolute Gasteiger partial charge is 0.455 e. The van der Waals surface area contributed by atoms with Gasteiger partial charge in [0.15, 0.2) is 0 Å². The van der Waals surface area contributed by atoms with Crippen LogP contribution in [-0.2, 0) is 67.6 Å². The molecule has 0 aliphatic carbocycles. The van der Waals surface area contributed by atoms with Gasteiger partial charge >= 0.3 is 54.4 Å². The summed E-state index contributed by atoms with van der Waals surface area (Å²) < 4.78 is 137. The first kappa shape index (κ1) is 30.8. The topological polar surface area (TPSA) is 204 Å². The highest BCUT2D eigenvalue weighted by Gasteiger charge is 2.66. The second-order valence-electron chi connectivity index (χ2n) is 10.5. The number of alkyl halides is 4. The number of esters is 4. The Morgan fingerprint density at radius 1 is 0.857 bits per heavy atom. The van der Waals surface area contributed by atoms with Crippen LogP contribution in [0.5, 0.6) is 0 Å². The van der Waals surface area contributed by atoms with Crippen LogP contribution in [0.4, 0.5) is 17.6 Å². The van der Waals surface area contributed by atoms with Gasteiger partial charge in [-0.1, -0.05) is 4.13 Å². The summed E-state index contributed by atoms with van der Waals surface area (Å²) in [6.07, 6.45) is -7.39. The number of hydrogen-bond acceptors (Lipinski definition) is 14. The fraction of sp³-hybridized carbons (Fsp3) is 0.810. The first-order valence-electron chi connectivity index (χ1n) is 12.4. The van der Waals surface area contributed by atoms with Gasteiger partial charge in [0.2, 0.25) is 0 Å². The van der Waals surface area contributed by atoms with Crippen molar-refractivity contribution in [2.75, 3.05) is 13.2 Å². The number of carbonyl (C=O) groups is 4. The lowest BCUT2D eigenvalue weighted by Gasteiger charge is -2.26. The zero-order valence-corrected chi connectivity index (χ0v) is 22.9. The van der Waals surface area contributed by atoms with Gasteiger partial charge < -0.3 is 28.4 Å². The van der Waals surface area contributed by atoms with Crippen molar-refractivity contribution >= 4 is 43.9 Å². The van der Waals surface area contributed by atoms with E-state index in [-0.39, 0.29) is 36.6 Å². The highest BCUT2D eigenvalue weighted by atomic mass is 32.3. The van der Waals surface area contributed by atoms with Crippen LogP contribution in [-0.4, -0.2) is 101 Å². The van der Waals surface area contributed by atoms with Crippen molar-refractivity contribution in [3.05, 3.63) is 0 Å². The average molecular weight is 654 g/mol. The number of rotatable bonds is 9. The Labute approximate surface area is 234 Å². The second-order valence-corrected chi connectivity index (χ2v) is 14.2. The lowest BCUT2D eigenvalue weighted by atomic mass is 9.80. The summed E-state index contributed by atoms with van der Waals surface area (Å²) in [5.74, 6) is -8.83. The van der Waals surface area contributed by atoms with Crippen LogP contribution < -0.4 is 4.13 Å². The molecule has 5 saturated heterocycles. The van der Waals surface area contributed by atoms with Crippen molar-refractivity contribution in [2.45, 2.75) is 73.3 Å². The van der Waals surface area contributed by atoms with Crippen molar-refractivity contribution in [3.63, 3.8) is 0 Å². The number of halogens is 4. The van der Waals surface area contributed by atoms with E-state index in [0.29, 0.717) is 0 Å². The van der Waals surface area contributed by atoms with Crippen molar-refractivity contribution < 1.29 is 82.0 Å². The highest BCUT2D eigenvalue weighted by Crippen LogP contribution is 2.48. The van der Waals surface area contributed by atoms with E-state index in [1.807, 2.05) is 0 Å². The van der Waals surface area contributed by atoms with Gasteiger partial charge in [0.1, 0.15) is 18.3 Å². The van der Waals surface area contributed by atoms with Crippen LogP contribution in [0.1, 0.15) is 26.2 Å². The molecular weight excluding hydrogens is 630 g/mol. The maximum Gasteiger partial charge on any atom is 0.455 e. The minimum absolute atomic E-state index is 0.0158. The highest BCUT2D eigenvalue weighted by molar-refractivity contribution is 8.06. The molecule has 0 aromatic rings. The molecule has 5 aliphatic heterocycles. The molecule has 2 bridgehead atoms. The number of ether oxygens (including phenoxy) is 6. The molecule has 5 fully saturated rings. The third-order valence-electron chi connectivity index (χ3n) is 7.82. The van der Waals surface area contributed by atoms with Crippen LogP contribution in [0.25, 0.3) is 0 Å². The summed E-state index contributed by atoms with van der Waals surface area (Å²) in [7, 11) is -13.6. The SMILES string of the molecule is CC1OC(C2COC(=O)C2)CC1OC(=O)C(F)(F)S(=O)(=O)NS(=O)(=O)C(F)(F)C(=O)OC1CC2OC1C1C(=O)OCC21. The van der Waals surface area contributed by atoms with Crippen LogP contribution in [0.15, 0.2) is 0 Å². The summed E-state index contributed by atoms with van der Waals surface area (Å²) in [4.78, 5) is 47.4. The molecule has 0 amide bonds. The summed E-state index contributed by atoms with van der Waals surface area (Å²) in [6, 6.07) is 0. The van der Waals surface area contributed by atoms with E-state index in [2.05, 4.69) is 9.47 Å². The molecule has 5 aliphatic rings. The third-order valence-corrected chi connectivity index (χ3v) is 11.3. The lowest BCUT2D eigenvalue weighted by molar-refractivity contribution is -0.171. The first-order valence-corrected chi connectivity index (χ1v) is 15.4. The number of sulfonamides is 2. The molecular formula is C21H23F4NO14S2. The van der Waals surface area contributed by atoms with Gasteiger partial charge in [-0.3, -0.25) is 9.59 Å². The van der Waals surface area contributed by atoms with E-state index in [1.54, 1.807) is 0 Å². The summed E-state index contributed by atoms with van der Waals surface area (Å²) in [5.41, 5.74) is 0. The number of fused-ring (bicyclic) bond motifs is 5. The Bertz CT molecular complexity index is 1400. The molecule has 1 N–H and O–H groups in total. The maximum absolute atomic E-state index is 14.6. The molecule has 15 nitrogen and oxygen atoms in total. The lowest BCUT2D eigenvalue weighted by Crippen LogP contribution is -2.55. The van der Waals surface area contributed by atoms with Crippen molar-refractivity contribution in [3.8, 4) is 0 Å². The van der Waals surface area contributed by atoms with E-state index < -0.39 is 109 Å². The monoisotopic (exact) mass is 653 g/mol. The fourth-order valence-corrected chi connectivity index (χ4v) is 8.15. The van der Waals surface area contributed by atoms with E-state index in [4.69, 9.17) is 18.9 Å². The Morgan fingerprint density at radius 2 is 1.43 bits per heavy atom. The third kappa shape index (κ3) is 5.01. The Balaban J connectivity index is 1.22. The predicted molar refractivity (Wildman–Crippen MR) is 120 cm³/mol. The van der Waals surface area contributed by atoms with Gasteiger partial charge in [-0.2, -0.15) is 17.6 Å². The van der Waals surface area contributed by atoms with Gasteiger partial charge in [0, 0.05) is 24.7 Å². The molecule has 21 heteroatoms. The molecule has 9 unspecified atom stereocenters. The minimum atomic E-state index is -6.82. The summed E-state index contributed by atoms with van der Waals surface area (Å²) in [6.45, 7) is 1.22. The summed E-state index contributed by atoms with van der Waals surface area (Å²) >= 11 is 0. The average Bonchev–Trinajstić information content (AvgIpc) is 3.69. The van der Waals surface area contributed by atoms with Crippen LogP contribution in [0, 0.1) is 17.8 Å². The molecule has 0 aromatic heterocycles. The standard InChI is InChI=1S/C21H23F4NO14S2/c1-7-10(3-11(37-7)8-2-14(27)35-5-8)39-18(29)20(22,23)41(31,32)26-42(33,34)21(24,25)19(30)40-13-4-12-9-6-36-17(28)15(9)16(13)38-12/h7-13,15-16,26H,2-6H2,1H3. The zero-order valence-electron chi connectivity index (χ0n) is 21.3. The number of carbonyl (C=O) groups excluding carboxylic acids is 4. The van der Waals surface area contributed by atoms with E-state index >= 15 is 0 Å². The largest absolute Gasteiger partial charge is 0.465 e. The second kappa shape index (κ2) is 10.2. The van der Waals surface area contributed by atoms with E-state index in [9.17, 15) is 53.6 Å². The number of cyclic esters (lactones) is 2. The van der Waals surface area contributed by atoms with Gasteiger partial charge in [-0.25, -0.2) is 26.4 Å². The van der Waals surface area contributed by atoms with Crippen molar-refractivity contribution in [1.29, 1.82) is 0 Å². The van der Waals surface area contributed by atoms with Gasteiger partial charge in [-0.05, 0) is 6.92 Å². The van der Waals surface area contributed by atoms with Crippen LogP contribution in [0.3, 0.4) is 0 Å². The van der Waals surface area contributed by atoms with Gasteiger partial charge in [0.05, 0.1) is 43.9 Å². The molecule has 0 radical (unpaired) electrons.